The maximum Gasteiger partial charge on any atom is 0.226 e. The summed E-state index contributed by atoms with van der Waals surface area (Å²) >= 11 is 6.04. The van der Waals surface area contributed by atoms with E-state index >= 15 is 0 Å². The van der Waals surface area contributed by atoms with Crippen molar-refractivity contribution in [2.24, 2.45) is 11.8 Å². The molecule has 24 heavy (non-hydrogen) atoms. The van der Waals surface area contributed by atoms with Crippen molar-refractivity contribution in [2.45, 2.75) is 25.7 Å². The number of benzene rings is 1. The first-order valence-electron chi connectivity index (χ1n) is 8.56. The average Bonchev–Trinajstić information content (AvgIpc) is 2.61. The third kappa shape index (κ3) is 3.66. The normalized spacial score (nSPS) is 24.7. The summed E-state index contributed by atoms with van der Waals surface area (Å²) in [6, 6.07) is 7.69. The molecule has 1 heterocycles. The number of carboxylic acid groups (broad SMARTS) is 1. The third-order valence-electron chi connectivity index (χ3n) is 5.15. The van der Waals surface area contributed by atoms with Gasteiger partial charge in [-0.3, -0.25) is 4.79 Å². The Morgan fingerprint density at radius 1 is 1.04 bits per heavy atom. The highest BCUT2D eigenvalue weighted by atomic mass is 35.5. The van der Waals surface area contributed by atoms with Gasteiger partial charge >= 0.3 is 0 Å². The predicted octanol–water partition coefficient (Wildman–Crippen LogP) is 1.54. The van der Waals surface area contributed by atoms with Crippen molar-refractivity contribution in [1.29, 1.82) is 0 Å². The zero-order valence-electron chi connectivity index (χ0n) is 13.6. The molecule has 5 nitrogen and oxygen atoms in total. The summed E-state index contributed by atoms with van der Waals surface area (Å²) in [6.45, 7) is 2.69. The molecule has 0 N–H and O–H groups in total. The Bertz CT molecular complexity index is 614. The van der Waals surface area contributed by atoms with Crippen molar-refractivity contribution in [2.75, 3.05) is 31.1 Å². The van der Waals surface area contributed by atoms with Crippen molar-refractivity contribution in [3.63, 3.8) is 0 Å². The molecule has 1 aromatic carbocycles. The minimum atomic E-state index is -1.08. The molecular formula is C18H22ClN2O3-. The van der Waals surface area contributed by atoms with Crippen LogP contribution in [0.5, 0.6) is 0 Å². The van der Waals surface area contributed by atoms with Crippen LogP contribution in [0.1, 0.15) is 25.7 Å². The number of hydrogen-bond acceptors (Lipinski definition) is 4. The number of hydrogen-bond donors (Lipinski definition) is 0. The average molecular weight is 350 g/mol. The maximum absolute atomic E-state index is 12.8. The maximum atomic E-state index is 12.8. The van der Waals surface area contributed by atoms with E-state index in [9.17, 15) is 14.7 Å². The molecule has 3 rings (SSSR count). The van der Waals surface area contributed by atoms with E-state index in [4.69, 9.17) is 11.6 Å². The van der Waals surface area contributed by atoms with Gasteiger partial charge in [0.15, 0.2) is 0 Å². The van der Waals surface area contributed by atoms with Gasteiger partial charge in [0.1, 0.15) is 0 Å². The zero-order valence-corrected chi connectivity index (χ0v) is 14.4. The molecule has 2 aliphatic rings. The highest BCUT2D eigenvalue weighted by molar-refractivity contribution is 6.30. The summed E-state index contributed by atoms with van der Waals surface area (Å²) in [7, 11) is 0. The SMILES string of the molecule is O=C([O-])[C@H]1CCCC[C@H]1C(=O)N1CCN(c2cccc(Cl)c2)CC1. The van der Waals surface area contributed by atoms with Crippen molar-refractivity contribution < 1.29 is 14.7 Å². The second-order valence-electron chi connectivity index (χ2n) is 6.61. The number of carbonyl (C=O) groups excluding carboxylic acids is 2. The van der Waals surface area contributed by atoms with E-state index in [1.807, 2.05) is 29.2 Å². The van der Waals surface area contributed by atoms with E-state index < -0.39 is 17.8 Å². The summed E-state index contributed by atoms with van der Waals surface area (Å²) in [5.41, 5.74) is 1.06. The third-order valence-corrected chi connectivity index (χ3v) is 5.39. The van der Waals surface area contributed by atoms with Crippen molar-refractivity contribution in [3.05, 3.63) is 29.3 Å². The summed E-state index contributed by atoms with van der Waals surface area (Å²) in [5, 5.41) is 12.0. The van der Waals surface area contributed by atoms with Crippen molar-refractivity contribution in [3.8, 4) is 0 Å². The fourth-order valence-electron chi connectivity index (χ4n) is 3.80. The first-order valence-corrected chi connectivity index (χ1v) is 8.94. The first kappa shape index (κ1) is 17.1. The largest absolute Gasteiger partial charge is 0.550 e. The lowest BCUT2D eigenvalue weighted by atomic mass is 9.78. The van der Waals surface area contributed by atoms with Gasteiger partial charge in [0.25, 0.3) is 0 Å². The molecule has 0 bridgehead atoms. The molecule has 1 aromatic rings. The number of anilines is 1. The zero-order chi connectivity index (χ0) is 17.1. The van der Waals surface area contributed by atoms with Crippen LogP contribution in [-0.4, -0.2) is 43.0 Å². The molecule has 6 heteroatoms. The van der Waals surface area contributed by atoms with Crippen LogP contribution < -0.4 is 10.0 Å². The highest BCUT2D eigenvalue weighted by Gasteiger charge is 2.35. The van der Waals surface area contributed by atoms with Gasteiger partial charge in [-0.25, -0.2) is 0 Å². The molecule has 1 aliphatic heterocycles. The monoisotopic (exact) mass is 349 g/mol. The van der Waals surface area contributed by atoms with Crippen LogP contribution >= 0.6 is 11.6 Å². The van der Waals surface area contributed by atoms with E-state index in [1.54, 1.807) is 0 Å². The molecule has 1 aliphatic carbocycles. The Kier molecular flexibility index (Phi) is 5.29. The van der Waals surface area contributed by atoms with E-state index in [0.717, 1.165) is 31.6 Å². The Labute approximate surface area is 147 Å². The fourth-order valence-corrected chi connectivity index (χ4v) is 3.99. The Hall–Kier alpha value is -1.75. The lowest BCUT2D eigenvalue weighted by Gasteiger charge is -2.40. The molecule has 1 saturated heterocycles. The number of piperazine rings is 1. The number of carboxylic acids is 1. The Morgan fingerprint density at radius 2 is 1.71 bits per heavy atom. The highest BCUT2D eigenvalue weighted by Crippen LogP contribution is 2.31. The quantitative estimate of drug-likeness (QED) is 0.830. The van der Waals surface area contributed by atoms with Gasteiger partial charge < -0.3 is 19.7 Å². The minimum absolute atomic E-state index is 0.0188. The van der Waals surface area contributed by atoms with Gasteiger partial charge in [0, 0.05) is 54.7 Å². The van der Waals surface area contributed by atoms with Crippen LogP contribution in [-0.2, 0) is 9.59 Å². The van der Waals surface area contributed by atoms with Gasteiger partial charge in [-0.05, 0) is 31.0 Å². The van der Waals surface area contributed by atoms with Crippen LogP contribution in [0.3, 0.4) is 0 Å². The van der Waals surface area contributed by atoms with Gasteiger partial charge in [-0.2, -0.15) is 0 Å². The van der Waals surface area contributed by atoms with Gasteiger partial charge in [-0.1, -0.05) is 30.5 Å². The molecule has 1 amide bonds. The number of rotatable bonds is 3. The topological polar surface area (TPSA) is 63.7 Å². The number of nitrogens with zero attached hydrogens (tertiary/aromatic N) is 2. The molecule has 0 spiro atoms. The molecule has 2 fully saturated rings. The van der Waals surface area contributed by atoms with Crippen molar-refractivity contribution >= 4 is 29.2 Å². The lowest BCUT2D eigenvalue weighted by molar-refractivity contribution is -0.314. The van der Waals surface area contributed by atoms with Gasteiger partial charge in [0.2, 0.25) is 5.91 Å². The number of carbonyl (C=O) groups is 2. The summed E-state index contributed by atoms with van der Waals surface area (Å²) in [6.07, 6.45) is 3.00. The standard InChI is InChI=1S/C18H23ClN2O3/c19-13-4-3-5-14(12-13)20-8-10-21(11-9-20)17(22)15-6-1-2-7-16(15)18(23)24/h3-5,12,15-16H,1-2,6-11H2,(H,23,24)/p-1/t15-,16+/m1/s1. The number of aliphatic carboxylic acids is 1. The minimum Gasteiger partial charge on any atom is -0.550 e. The molecule has 0 aromatic heterocycles. The molecule has 1 saturated carbocycles. The van der Waals surface area contributed by atoms with E-state index in [1.165, 1.54) is 0 Å². The van der Waals surface area contributed by atoms with Crippen LogP contribution in [0.2, 0.25) is 5.02 Å². The number of halogens is 1. The smallest absolute Gasteiger partial charge is 0.226 e. The van der Waals surface area contributed by atoms with E-state index in [0.29, 0.717) is 31.0 Å². The van der Waals surface area contributed by atoms with Gasteiger partial charge in [-0.15, -0.1) is 0 Å². The van der Waals surface area contributed by atoms with Crippen molar-refractivity contribution in [1.82, 2.24) is 4.90 Å². The predicted molar refractivity (Wildman–Crippen MR) is 90.7 cm³/mol. The fraction of sp³-hybridized carbons (Fsp3) is 0.556. The molecular weight excluding hydrogens is 328 g/mol. The molecule has 0 unspecified atom stereocenters. The molecule has 130 valence electrons. The Balaban J connectivity index is 1.61. The first-order chi connectivity index (χ1) is 11.6. The second kappa shape index (κ2) is 7.43. The second-order valence-corrected chi connectivity index (χ2v) is 7.05. The molecule has 2 atom stereocenters. The summed E-state index contributed by atoms with van der Waals surface area (Å²) in [5.74, 6) is -2.14. The molecule has 0 radical (unpaired) electrons. The lowest BCUT2D eigenvalue weighted by Crippen LogP contribution is -2.53. The van der Waals surface area contributed by atoms with Crippen LogP contribution in [0.4, 0.5) is 5.69 Å². The Morgan fingerprint density at radius 3 is 2.33 bits per heavy atom. The number of amides is 1. The van der Waals surface area contributed by atoms with Gasteiger partial charge in [0.05, 0.1) is 0 Å². The van der Waals surface area contributed by atoms with Crippen LogP contribution in [0.25, 0.3) is 0 Å². The van der Waals surface area contributed by atoms with E-state index in [2.05, 4.69) is 4.90 Å². The summed E-state index contributed by atoms with van der Waals surface area (Å²) < 4.78 is 0. The van der Waals surface area contributed by atoms with E-state index in [-0.39, 0.29) is 5.91 Å². The summed E-state index contributed by atoms with van der Waals surface area (Å²) in [4.78, 5) is 28.1. The van der Waals surface area contributed by atoms with Crippen LogP contribution in [0, 0.1) is 11.8 Å². The van der Waals surface area contributed by atoms with Crippen LogP contribution in [0.15, 0.2) is 24.3 Å².